The van der Waals surface area contributed by atoms with Crippen LogP contribution in [0.25, 0.3) is 0 Å². The maximum Gasteiger partial charge on any atom is 0.475 e. The summed E-state index contributed by atoms with van der Waals surface area (Å²) in [5.41, 5.74) is -0.992. The summed E-state index contributed by atoms with van der Waals surface area (Å²) in [7, 11) is 0. The third kappa shape index (κ3) is 2.71. The van der Waals surface area contributed by atoms with Crippen molar-refractivity contribution in [1.82, 2.24) is 10.2 Å². The molecule has 1 aromatic carbocycles. The number of carbonyl (C=O) groups is 1. The lowest BCUT2D eigenvalue weighted by molar-refractivity contribution is -0.277. The molecule has 1 aromatic heterocycles. The van der Waals surface area contributed by atoms with Crippen LogP contribution in [0.15, 0.2) is 42.7 Å². The first kappa shape index (κ1) is 14.9. The Hall–Kier alpha value is -2.45. The van der Waals surface area contributed by atoms with Gasteiger partial charge in [-0.2, -0.15) is 27.1 Å². The number of H-pyrrole nitrogens is 1. The molecule has 0 saturated heterocycles. The average Bonchev–Trinajstić information content (AvgIpc) is 2.92. The van der Waals surface area contributed by atoms with Gasteiger partial charge in [0.05, 0.1) is 17.4 Å². The second kappa shape index (κ2) is 5.15. The van der Waals surface area contributed by atoms with Gasteiger partial charge >= 0.3 is 12.2 Å². The Morgan fingerprint density at radius 3 is 2.19 bits per heavy atom. The summed E-state index contributed by atoms with van der Waals surface area (Å²) < 4.78 is 65.2. The maximum absolute atomic E-state index is 13.7. The van der Waals surface area contributed by atoms with Gasteiger partial charge in [-0.05, 0) is 12.1 Å². The fourth-order valence-electron chi connectivity index (χ4n) is 1.61. The van der Waals surface area contributed by atoms with Crippen molar-refractivity contribution in [3.05, 3.63) is 48.3 Å². The normalized spacial score (nSPS) is 12.2. The number of aromatic amines is 1. The van der Waals surface area contributed by atoms with Gasteiger partial charge in [0.1, 0.15) is 0 Å². The van der Waals surface area contributed by atoms with Gasteiger partial charge in [-0.25, -0.2) is 4.90 Å². The standard InChI is InChI=1S/C12H8F5N3O/c13-11(14,15)12(16,17)20(9-4-2-1-3-5-9)10(21)8-6-18-19-7-8/h1-7H,(H,18,19). The highest BCUT2D eigenvalue weighted by Crippen LogP contribution is 2.41. The van der Waals surface area contributed by atoms with Crippen molar-refractivity contribution in [3.63, 3.8) is 0 Å². The van der Waals surface area contributed by atoms with Gasteiger partial charge < -0.3 is 0 Å². The minimum absolute atomic E-state index is 0.414. The number of carbonyl (C=O) groups excluding carboxylic acids is 1. The van der Waals surface area contributed by atoms with Crippen LogP contribution in [0.5, 0.6) is 0 Å². The summed E-state index contributed by atoms with van der Waals surface area (Å²) in [6.07, 6.45) is -4.11. The predicted molar refractivity (Wildman–Crippen MR) is 62.8 cm³/mol. The fraction of sp³-hybridized carbons (Fsp3) is 0.167. The Morgan fingerprint density at radius 2 is 1.71 bits per heavy atom. The SMILES string of the molecule is O=C(c1cn[nH]c1)N(c1ccccc1)C(F)(F)C(F)(F)F. The summed E-state index contributed by atoms with van der Waals surface area (Å²) in [5, 5.41) is 5.55. The Balaban J connectivity index is 2.53. The molecule has 9 heteroatoms. The quantitative estimate of drug-likeness (QED) is 0.699. The highest BCUT2D eigenvalue weighted by atomic mass is 19.4. The average molecular weight is 305 g/mol. The van der Waals surface area contributed by atoms with E-state index in [1.54, 1.807) is 0 Å². The van der Waals surface area contributed by atoms with Gasteiger partial charge in [0, 0.05) is 6.20 Å². The molecule has 0 bridgehead atoms. The molecule has 0 atom stereocenters. The number of benzene rings is 1. The van der Waals surface area contributed by atoms with Crippen LogP contribution in [0.3, 0.4) is 0 Å². The van der Waals surface area contributed by atoms with Crippen LogP contribution in [0.1, 0.15) is 10.4 Å². The molecule has 1 N–H and O–H groups in total. The summed E-state index contributed by atoms with van der Waals surface area (Å²) in [6.45, 7) is 0. The molecule has 21 heavy (non-hydrogen) atoms. The lowest BCUT2D eigenvalue weighted by Gasteiger charge is -2.32. The molecule has 0 unspecified atom stereocenters. The molecule has 0 radical (unpaired) electrons. The van der Waals surface area contributed by atoms with E-state index in [2.05, 4.69) is 10.2 Å². The first-order chi connectivity index (χ1) is 9.75. The van der Waals surface area contributed by atoms with E-state index in [0.717, 1.165) is 24.5 Å². The summed E-state index contributed by atoms with van der Waals surface area (Å²) in [6, 6.07) is 0.530. The monoisotopic (exact) mass is 305 g/mol. The smallest absolute Gasteiger partial charge is 0.285 e. The highest BCUT2D eigenvalue weighted by molar-refractivity contribution is 6.06. The molecular formula is C12H8F5N3O. The molecule has 0 aliphatic heterocycles. The zero-order chi connectivity index (χ0) is 15.7. The van der Waals surface area contributed by atoms with Crippen molar-refractivity contribution in [1.29, 1.82) is 0 Å². The van der Waals surface area contributed by atoms with Gasteiger partial charge in [-0.15, -0.1) is 0 Å². The van der Waals surface area contributed by atoms with E-state index < -0.39 is 34.3 Å². The minimum atomic E-state index is -5.91. The van der Waals surface area contributed by atoms with Crippen molar-refractivity contribution < 1.29 is 26.7 Å². The third-order valence-corrected chi connectivity index (χ3v) is 2.58. The first-order valence-electron chi connectivity index (χ1n) is 5.58. The van der Waals surface area contributed by atoms with Crippen LogP contribution >= 0.6 is 0 Å². The molecule has 2 aromatic rings. The topological polar surface area (TPSA) is 49.0 Å². The Morgan fingerprint density at radius 1 is 1.10 bits per heavy atom. The van der Waals surface area contributed by atoms with E-state index in [1.165, 1.54) is 18.2 Å². The second-order valence-electron chi connectivity index (χ2n) is 4.00. The molecule has 1 heterocycles. The van der Waals surface area contributed by atoms with E-state index >= 15 is 0 Å². The van der Waals surface area contributed by atoms with Crippen molar-refractivity contribution >= 4 is 11.6 Å². The maximum atomic E-state index is 13.7. The number of anilines is 1. The number of amides is 1. The molecule has 0 aliphatic carbocycles. The van der Waals surface area contributed by atoms with E-state index in [0.29, 0.717) is 0 Å². The number of rotatable bonds is 3. The molecule has 1 amide bonds. The van der Waals surface area contributed by atoms with Crippen molar-refractivity contribution in [2.75, 3.05) is 4.90 Å². The van der Waals surface area contributed by atoms with Gasteiger partial charge in [-0.3, -0.25) is 9.89 Å². The van der Waals surface area contributed by atoms with Crippen LogP contribution in [-0.4, -0.2) is 28.3 Å². The summed E-state index contributed by atoms with van der Waals surface area (Å²) >= 11 is 0. The number of hydrogen-bond donors (Lipinski definition) is 1. The number of alkyl halides is 5. The van der Waals surface area contributed by atoms with E-state index in [4.69, 9.17) is 0 Å². The molecule has 0 fully saturated rings. The molecule has 4 nitrogen and oxygen atoms in total. The zero-order valence-corrected chi connectivity index (χ0v) is 10.2. The van der Waals surface area contributed by atoms with Gasteiger partial charge in [0.15, 0.2) is 0 Å². The van der Waals surface area contributed by atoms with Crippen molar-refractivity contribution in [2.24, 2.45) is 0 Å². The predicted octanol–water partition coefficient (Wildman–Crippen LogP) is 3.21. The fourth-order valence-corrected chi connectivity index (χ4v) is 1.61. The van der Waals surface area contributed by atoms with Gasteiger partial charge in [-0.1, -0.05) is 18.2 Å². The van der Waals surface area contributed by atoms with E-state index in [9.17, 15) is 26.7 Å². The molecule has 2 rings (SSSR count). The first-order valence-corrected chi connectivity index (χ1v) is 5.58. The van der Waals surface area contributed by atoms with E-state index in [-0.39, 0.29) is 0 Å². The molecular weight excluding hydrogens is 297 g/mol. The van der Waals surface area contributed by atoms with Crippen LogP contribution in [-0.2, 0) is 0 Å². The number of nitrogens with zero attached hydrogens (tertiary/aromatic N) is 2. The molecule has 0 spiro atoms. The lowest BCUT2D eigenvalue weighted by Crippen LogP contribution is -2.55. The Labute approximate surface area is 115 Å². The van der Waals surface area contributed by atoms with Crippen LogP contribution < -0.4 is 4.90 Å². The number of para-hydroxylation sites is 1. The van der Waals surface area contributed by atoms with Crippen LogP contribution in [0.4, 0.5) is 27.6 Å². The number of hydrogen-bond acceptors (Lipinski definition) is 2. The summed E-state index contributed by atoms with van der Waals surface area (Å²) in [4.78, 5) is 11.4. The van der Waals surface area contributed by atoms with E-state index in [1.807, 2.05) is 0 Å². The number of aromatic nitrogens is 2. The molecule has 0 aliphatic rings. The minimum Gasteiger partial charge on any atom is -0.285 e. The van der Waals surface area contributed by atoms with Crippen molar-refractivity contribution in [3.8, 4) is 0 Å². The second-order valence-corrected chi connectivity index (χ2v) is 4.00. The van der Waals surface area contributed by atoms with Crippen molar-refractivity contribution in [2.45, 2.75) is 12.2 Å². The highest BCUT2D eigenvalue weighted by Gasteiger charge is 2.64. The number of halogens is 5. The summed E-state index contributed by atoms with van der Waals surface area (Å²) in [5.74, 6) is -1.52. The van der Waals surface area contributed by atoms with Gasteiger partial charge in [0.25, 0.3) is 5.91 Å². The van der Waals surface area contributed by atoms with Gasteiger partial charge in [0.2, 0.25) is 0 Å². The largest absolute Gasteiger partial charge is 0.475 e. The molecule has 0 saturated carbocycles. The Kier molecular flexibility index (Phi) is 3.67. The Bertz CT molecular complexity index is 610. The molecule has 112 valence electrons. The van der Waals surface area contributed by atoms with Crippen LogP contribution in [0, 0.1) is 0 Å². The third-order valence-electron chi connectivity index (χ3n) is 2.58. The zero-order valence-electron chi connectivity index (χ0n) is 10.2. The van der Waals surface area contributed by atoms with Crippen LogP contribution in [0.2, 0.25) is 0 Å². The number of nitrogens with one attached hydrogen (secondary N) is 1. The lowest BCUT2D eigenvalue weighted by atomic mass is 10.2.